The first-order valence-corrected chi connectivity index (χ1v) is 10.8. The third-order valence-electron chi connectivity index (χ3n) is 5.73. The van der Waals surface area contributed by atoms with Crippen molar-refractivity contribution in [2.24, 2.45) is 0 Å². The van der Waals surface area contributed by atoms with E-state index >= 15 is 0 Å². The van der Waals surface area contributed by atoms with Gasteiger partial charge in [-0.2, -0.15) is 0 Å². The van der Waals surface area contributed by atoms with Crippen molar-refractivity contribution < 1.29 is 23.5 Å². The summed E-state index contributed by atoms with van der Waals surface area (Å²) in [4.78, 5) is 28.5. The summed E-state index contributed by atoms with van der Waals surface area (Å²) < 4.78 is 24.2. The molecule has 2 aliphatic heterocycles. The minimum atomic E-state index is -0.650. The molecular formula is C23H27FN4O4. The number of benzene rings is 2. The molecule has 9 heteroatoms. The Morgan fingerprint density at radius 1 is 0.969 bits per heavy atom. The fourth-order valence-electron chi connectivity index (χ4n) is 4.03. The van der Waals surface area contributed by atoms with Crippen LogP contribution in [0.5, 0.6) is 11.5 Å². The Morgan fingerprint density at radius 2 is 1.66 bits per heavy atom. The maximum absolute atomic E-state index is 13.3. The molecule has 2 amide bonds. The second kappa shape index (κ2) is 9.86. The number of piperazine rings is 1. The maximum atomic E-state index is 13.3. The molecule has 0 unspecified atom stereocenters. The van der Waals surface area contributed by atoms with E-state index in [1.807, 2.05) is 18.2 Å². The van der Waals surface area contributed by atoms with E-state index in [2.05, 4.69) is 20.4 Å². The first-order chi connectivity index (χ1) is 15.5. The Kier molecular flexibility index (Phi) is 6.75. The molecule has 1 saturated heterocycles. The van der Waals surface area contributed by atoms with Crippen LogP contribution in [0.25, 0.3) is 0 Å². The number of carbonyl (C=O) groups excluding carboxylic acids is 2. The van der Waals surface area contributed by atoms with Crippen LogP contribution in [-0.2, 0) is 9.59 Å². The topological polar surface area (TPSA) is 83.1 Å². The van der Waals surface area contributed by atoms with Crippen molar-refractivity contribution in [3.63, 3.8) is 0 Å². The summed E-state index contributed by atoms with van der Waals surface area (Å²) in [6.07, 6.45) is 0. The van der Waals surface area contributed by atoms with E-state index in [1.54, 1.807) is 19.1 Å². The number of carbonyl (C=O) groups is 2. The zero-order chi connectivity index (χ0) is 22.5. The lowest BCUT2D eigenvalue weighted by Crippen LogP contribution is -2.50. The van der Waals surface area contributed by atoms with Crippen molar-refractivity contribution in [2.45, 2.75) is 13.0 Å². The molecule has 0 aliphatic carbocycles. The van der Waals surface area contributed by atoms with Crippen LogP contribution in [0, 0.1) is 5.82 Å². The van der Waals surface area contributed by atoms with Crippen LogP contribution in [0.2, 0.25) is 0 Å². The number of likely N-dealkylation sites (N-methyl/N-ethyl adjacent to an activating group) is 1. The van der Waals surface area contributed by atoms with Crippen molar-refractivity contribution in [3.05, 3.63) is 53.8 Å². The van der Waals surface area contributed by atoms with Gasteiger partial charge in [0.1, 0.15) is 5.82 Å². The number of amides is 2. The minimum absolute atomic E-state index is 0.141. The molecule has 1 fully saturated rings. The standard InChI is InChI=1S/C23H27FN4O4/c1-2-25-22(29)23(30)26-14-19(16-3-8-20-21(13-16)32-15-31-20)28-11-9-27(10-12-28)18-6-4-17(24)5-7-18/h3-8,13,19H,2,9-12,14-15H2,1H3,(H,25,29)(H,26,30)/t19-/m1/s1. The molecule has 4 rings (SSSR count). The zero-order valence-electron chi connectivity index (χ0n) is 18.0. The molecule has 170 valence electrons. The first-order valence-electron chi connectivity index (χ1n) is 10.8. The molecule has 2 aromatic carbocycles. The molecule has 2 heterocycles. The number of anilines is 1. The van der Waals surface area contributed by atoms with Gasteiger partial charge in [-0.15, -0.1) is 0 Å². The van der Waals surface area contributed by atoms with E-state index < -0.39 is 11.8 Å². The van der Waals surface area contributed by atoms with Gasteiger partial charge in [-0.1, -0.05) is 6.07 Å². The Hall–Kier alpha value is -3.33. The summed E-state index contributed by atoms with van der Waals surface area (Å²) in [5.74, 6) is -0.175. The molecule has 1 atom stereocenters. The van der Waals surface area contributed by atoms with Gasteiger partial charge in [0.2, 0.25) is 6.79 Å². The normalized spacial score (nSPS) is 16.5. The van der Waals surface area contributed by atoms with E-state index in [4.69, 9.17) is 9.47 Å². The van der Waals surface area contributed by atoms with E-state index in [0.29, 0.717) is 18.0 Å². The van der Waals surface area contributed by atoms with Crippen LogP contribution in [0.3, 0.4) is 0 Å². The third kappa shape index (κ3) is 4.94. The van der Waals surface area contributed by atoms with Gasteiger partial charge in [0.25, 0.3) is 0 Å². The Morgan fingerprint density at radius 3 is 2.38 bits per heavy atom. The van der Waals surface area contributed by atoms with Crippen molar-refractivity contribution in [3.8, 4) is 11.5 Å². The molecule has 2 aromatic rings. The largest absolute Gasteiger partial charge is 0.454 e. The van der Waals surface area contributed by atoms with Gasteiger partial charge in [0, 0.05) is 45.0 Å². The molecule has 0 radical (unpaired) electrons. The fourth-order valence-corrected chi connectivity index (χ4v) is 4.03. The van der Waals surface area contributed by atoms with Crippen molar-refractivity contribution >= 4 is 17.5 Å². The fraction of sp³-hybridized carbons (Fsp3) is 0.391. The van der Waals surface area contributed by atoms with E-state index in [0.717, 1.165) is 37.4 Å². The highest BCUT2D eigenvalue weighted by molar-refractivity contribution is 6.35. The minimum Gasteiger partial charge on any atom is -0.454 e. The highest BCUT2D eigenvalue weighted by atomic mass is 19.1. The lowest BCUT2D eigenvalue weighted by Gasteiger charge is -2.40. The molecule has 0 saturated carbocycles. The number of fused-ring (bicyclic) bond motifs is 1. The third-order valence-corrected chi connectivity index (χ3v) is 5.73. The van der Waals surface area contributed by atoms with Gasteiger partial charge in [-0.25, -0.2) is 4.39 Å². The summed E-state index contributed by atoms with van der Waals surface area (Å²) >= 11 is 0. The quantitative estimate of drug-likeness (QED) is 0.663. The predicted octanol–water partition coefficient (Wildman–Crippen LogP) is 1.67. The first kappa shape index (κ1) is 21.9. The summed E-state index contributed by atoms with van der Waals surface area (Å²) in [5, 5.41) is 5.28. The number of nitrogens with one attached hydrogen (secondary N) is 2. The van der Waals surface area contributed by atoms with E-state index in [1.165, 1.54) is 12.1 Å². The molecule has 2 aliphatic rings. The van der Waals surface area contributed by atoms with Gasteiger partial charge in [0.15, 0.2) is 11.5 Å². The monoisotopic (exact) mass is 442 g/mol. The molecule has 8 nitrogen and oxygen atoms in total. The van der Waals surface area contributed by atoms with Gasteiger partial charge in [-0.05, 0) is 48.9 Å². The lowest BCUT2D eigenvalue weighted by atomic mass is 10.0. The number of hydrogen-bond acceptors (Lipinski definition) is 6. The Balaban J connectivity index is 1.47. The van der Waals surface area contributed by atoms with Crippen LogP contribution < -0.4 is 25.0 Å². The second-order valence-corrected chi connectivity index (χ2v) is 7.70. The number of ether oxygens (including phenoxy) is 2. The van der Waals surface area contributed by atoms with Crippen LogP contribution in [0.4, 0.5) is 10.1 Å². The lowest BCUT2D eigenvalue weighted by molar-refractivity contribution is -0.139. The molecule has 2 N–H and O–H groups in total. The highest BCUT2D eigenvalue weighted by Crippen LogP contribution is 2.35. The summed E-state index contributed by atoms with van der Waals surface area (Å²) in [6.45, 7) is 5.64. The van der Waals surface area contributed by atoms with Gasteiger partial charge >= 0.3 is 11.8 Å². The van der Waals surface area contributed by atoms with Gasteiger partial charge < -0.3 is 25.0 Å². The van der Waals surface area contributed by atoms with Crippen LogP contribution in [-0.4, -0.2) is 62.8 Å². The Labute approximate surface area is 186 Å². The van der Waals surface area contributed by atoms with Gasteiger partial charge in [0.05, 0.1) is 6.04 Å². The second-order valence-electron chi connectivity index (χ2n) is 7.70. The zero-order valence-corrected chi connectivity index (χ0v) is 18.0. The Bertz CT molecular complexity index is 961. The summed E-state index contributed by atoms with van der Waals surface area (Å²) in [6, 6.07) is 12.1. The van der Waals surface area contributed by atoms with E-state index in [-0.39, 0.29) is 25.2 Å². The number of halogens is 1. The van der Waals surface area contributed by atoms with E-state index in [9.17, 15) is 14.0 Å². The summed E-state index contributed by atoms with van der Waals surface area (Å²) in [5.41, 5.74) is 1.95. The molecule has 0 spiro atoms. The molecule has 0 bridgehead atoms. The van der Waals surface area contributed by atoms with Crippen LogP contribution in [0.1, 0.15) is 18.5 Å². The van der Waals surface area contributed by atoms with Crippen molar-refractivity contribution in [2.75, 3.05) is 51.0 Å². The number of rotatable bonds is 6. The maximum Gasteiger partial charge on any atom is 0.309 e. The van der Waals surface area contributed by atoms with Crippen LogP contribution >= 0.6 is 0 Å². The average molecular weight is 442 g/mol. The number of nitrogens with zero attached hydrogens (tertiary/aromatic N) is 2. The van der Waals surface area contributed by atoms with Crippen molar-refractivity contribution in [1.29, 1.82) is 0 Å². The molecule has 32 heavy (non-hydrogen) atoms. The smallest absolute Gasteiger partial charge is 0.309 e. The number of hydrogen-bond donors (Lipinski definition) is 2. The molecule has 0 aromatic heterocycles. The van der Waals surface area contributed by atoms with Crippen LogP contribution in [0.15, 0.2) is 42.5 Å². The summed E-state index contributed by atoms with van der Waals surface area (Å²) in [7, 11) is 0. The highest BCUT2D eigenvalue weighted by Gasteiger charge is 2.28. The average Bonchev–Trinajstić information content (AvgIpc) is 3.28. The predicted molar refractivity (Wildman–Crippen MR) is 117 cm³/mol. The SMILES string of the molecule is CCNC(=O)C(=O)NC[C@H](c1ccc2c(c1)OCO2)N1CCN(c2ccc(F)cc2)CC1. The van der Waals surface area contributed by atoms with Crippen molar-refractivity contribution in [1.82, 2.24) is 15.5 Å². The molecular weight excluding hydrogens is 415 g/mol. The van der Waals surface area contributed by atoms with Gasteiger partial charge in [-0.3, -0.25) is 14.5 Å².